The predicted octanol–water partition coefficient (Wildman–Crippen LogP) is 2.88. The van der Waals surface area contributed by atoms with Crippen LogP contribution in [0.5, 0.6) is 11.5 Å². The molecule has 0 atom stereocenters. The number of rotatable bonds is 6. The minimum absolute atomic E-state index is 0.302. The van der Waals surface area contributed by atoms with Crippen molar-refractivity contribution in [3.63, 3.8) is 0 Å². The Labute approximate surface area is 161 Å². The Balaban J connectivity index is 1.55. The number of carbonyl (C=O) groups is 1. The van der Waals surface area contributed by atoms with E-state index in [1.165, 1.54) is 0 Å². The minimum atomic E-state index is -0.556. The molecule has 4 aromatic rings. The summed E-state index contributed by atoms with van der Waals surface area (Å²) in [7, 11) is 1.64. The maximum Gasteiger partial charge on any atom is 0.252 e. The molecule has 1 amide bonds. The van der Waals surface area contributed by atoms with Gasteiger partial charge in [0.15, 0.2) is 5.65 Å². The molecule has 0 aliphatic heterocycles. The first-order valence-corrected chi connectivity index (χ1v) is 8.57. The number of methoxy groups -OCH3 is 1. The first-order valence-electron chi connectivity index (χ1n) is 8.57. The number of fused-ring (bicyclic) bond motifs is 1. The summed E-state index contributed by atoms with van der Waals surface area (Å²) >= 11 is 0. The number of carbonyl (C=O) groups excluding carboxylic acids is 1. The van der Waals surface area contributed by atoms with Crippen LogP contribution in [0, 0.1) is 6.33 Å². The Bertz CT molecular complexity index is 1140. The number of ether oxygens (including phenoxy) is 2. The zero-order chi connectivity index (χ0) is 19.5. The summed E-state index contributed by atoms with van der Waals surface area (Å²) in [6.07, 6.45) is 2.52. The topological polar surface area (TPSA) is 91.7 Å². The van der Waals surface area contributed by atoms with Crippen molar-refractivity contribution in [1.29, 1.82) is 0 Å². The standard InChI is InChI=1S/C21H17N4O3/c1-27-17-4-2-3-14(11-17)12-28-16-7-5-15(6-8-16)19-10-9-18(20(22)26)21-23-13-24-25(19)21/h2-11H,12H2,1H3,(H2,22,26). The Morgan fingerprint density at radius 1 is 1.11 bits per heavy atom. The third-order valence-corrected chi connectivity index (χ3v) is 4.33. The molecule has 2 aromatic heterocycles. The van der Waals surface area contributed by atoms with Gasteiger partial charge in [-0.1, -0.05) is 12.1 Å². The summed E-state index contributed by atoms with van der Waals surface area (Å²) in [5, 5.41) is 4.08. The monoisotopic (exact) mass is 373 g/mol. The van der Waals surface area contributed by atoms with Crippen molar-refractivity contribution >= 4 is 11.6 Å². The van der Waals surface area contributed by atoms with Crippen LogP contribution in [-0.2, 0) is 6.61 Å². The van der Waals surface area contributed by atoms with Gasteiger partial charge in [-0.05, 0) is 54.1 Å². The van der Waals surface area contributed by atoms with Crippen LogP contribution in [0.15, 0.2) is 60.7 Å². The SMILES string of the molecule is COc1cccc(COc2ccc(-c3ccc(C(N)=O)c4n[c]nn34)cc2)c1. The maximum atomic E-state index is 11.5. The summed E-state index contributed by atoms with van der Waals surface area (Å²) in [6, 6.07) is 18.8. The summed E-state index contributed by atoms with van der Waals surface area (Å²) in [6.45, 7) is 0.437. The molecule has 0 fully saturated rings. The highest BCUT2D eigenvalue weighted by molar-refractivity contribution is 5.99. The molecule has 0 bridgehead atoms. The molecule has 139 valence electrons. The van der Waals surface area contributed by atoms with Crippen LogP contribution >= 0.6 is 0 Å². The lowest BCUT2D eigenvalue weighted by molar-refractivity contribution is 0.100. The second kappa shape index (κ2) is 7.40. The highest BCUT2D eigenvalue weighted by Gasteiger charge is 2.13. The summed E-state index contributed by atoms with van der Waals surface area (Å²) in [5.74, 6) is 0.977. The van der Waals surface area contributed by atoms with E-state index < -0.39 is 5.91 Å². The van der Waals surface area contributed by atoms with E-state index in [2.05, 4.69) is 16.4 Å². The molecule has 0 aliphatic carbocycles. The van der Waals surface area contributed by atoms with Crippen molar-refractivity contribution in [2.75, 3.05) is 7.11 Å². The lowest BCUT2D eigenvalue weighted by Gasteiger charge is -2.10. The fourth-order valence-electron chi connectivity index (χ4n) is 2.92. The third-order valence-electron chi connectivity index (χ3n) is 4.33. The zero-order valence-corrected chi connectivity index (χ0v) is 15.1. The number of pyridine rings is 1. The predicted molar refractivity (Wildman–Crippen MR) is 103 cm³/mol. The van der Waals surface area contributed by atoms with Crippen molar-refractivity contribution in [2.45, 2.75) is 6.61 Å². The van der Waals surface area contributed by atoms with Gasteiger partial charge < -0.3 is 15.2 Å². The van der Waals surface area contributed by atoms with Crippen LogP contribution in [-0.4, -0.2) is 27.6 Å². The smallest absolute Gasteiger partial charge is 0.252 e. The Morgan fingerprint density at radius 2 is 1.93 bits per heavy atom. The van der Waals surface area contributed by atoms with Gasteiger partial charge in [0, 0.05) is 5.56 Å². The molecule has 0 saturated heterocycles. The highest BCUT2D eigenvalue weighted by Crippen LogP contribution is 2.24. The number of hydrogen-bond acceptors (Lipinski definition) is 5. The molecule has 2 aromatic carbocycles. The number of nitrogens with two attached hydrogens (primary N) is 1. The van der Waals surface area contributed by atoms with E-state index >= 15 is 0 Å². The number of amides is 1. The Morgan fingerprint density at radius 3 is 2.68 bits per heavy atom. The van der Waals surface area contributed by atoms with Gasteiger partial charge in [-0.2, -0.15) is 0 Å². The lowest BCUT2D eigenvalue weighted by Crippen LogP contribution is -2.13. The van der Waals surface area contributed by atoms with E-state index in [1.807, 2.05) is 48.5 Å². The van der Waals surface area contributed by atoms with Crippen LogP contribution in [0.25, 0.3) is 16.9 Å². The molecule has 0 saturated carbocycles. The van der Waals surface area contributed by atoms with Crippen molar-refractivity contribution < 1.29 is 14.3 Å². The van der Waals surface area contributed by atoms with Crippen LogP contribution < -0.4 is 15.2 Å². The van der Waals surface area contributed by atoms with Crippen LogP contribution in [0.2, 0.25) is 0 Å². The van der Waals surface area contributed by atoms with Crippen LogP contribution in [0.4, 0.5) is 0 Å². The number of aromatic nitrogens is 3. The fraction of sp³-hybridized carbons (Fsp3) is 0.0952. The molecule has 0 unspecified atom stereocenters. The van der Waals surface area contributed by atoms with Gasteiger partial charge >= 0.3 is 0 Å². The van der Waals surface area contributed by atoms with E-state index in [4.69, 9.17) is 15.2 Å². The molecular formula is C21H17N4O3. The third kappa shape index (κ3) is 3.37. The minimum Gasteiger partial charge on any atom is -0.497 e. The first kappa shape index (κ1) is 17.5. The summed E-state index contributed by atoms with van der Waals surface area (Å²) in [4.78, 5) is 15.5. The van der Waals surface area contributed by atoms with Crippen LogP contribution in [0.1, 0.15) is 15.9 Å². The summed E-state index contributed by atoms with van der Waals surface area (Å²) in [5.41, 5.74) is 8.76. The van der Waals surface area contributed by atoms with Gasteiger partial charge in [0.2, 0.25) is 6.33 Å². The zero-order valence-electron chi connectivity index (χ0n) is 15.1. The lowest BCUT2D eigenvalue weighted by atomic mass is 10.1. The molecule has 7 heteroatoms. The van der Waals surface area contributed by atoms with Crippen molar-refractivity contribution in [1.82, 2.24) is 14.6 Å². The molecule has 4 rings (SSSR count). The van der Waals surface area contributed by atoms with Gasteiger partial charge in [0.25, 0.3) is 5.91 Å². The number of hydrogen-bond donors (Lipinski definition) is 1. The summed E-state index contributed by atoms with van der Waals surface area (Å²) < 4.78 is 12.6. The average Bonchev–Trinajstić information content (AvgIpc) is 3.22. The molecule has 7 nitrogen and oxygen atoms in total. The van der Waals surface area contributed by atoms with E-state index in [9.17, 15) is 4.79 Å². The number of nitrogens with zero attached hydrogens (tertiary/aromatic N) is 3. The number of benzene rings is 2. The van der Waals surface area contributed by atoms with E-state index in [0.29, 0.717) is 17.8 Å². The van der Waals surface area contributed by atoms with E-state index in [-0.39, 0.29) is 0 Å². The van der Waals surface area contributed by atoms with Gasteiger partial charge in [0.05, 0.1) is 18.4 Å². The van der Waals surface area contributed by atoms with Gasteiger partial charge in [0.1, 0.15) is 18.1 Å². The van der Waals surface area contributed by atoms with E-state index in [0.717, 1.165) is 28.3 Å². The number of primary amides is 1. The fourth-order valence-corrected chi connectivity index (χ4v) is 2.92. The molecule has 0 spiro atoms. The van der Waals surface area contributed by atoms with Crippen molar-refractivity contribution in [3.05, 3.63) is 78.1 Å². The van der Waals surface area contributed by atoms with Crippen molar-refractivity contribution in [3.8, 4) is 22.8 Å². The Hall–Kier alpha value is -3.87. The molecule has 0 aliphatic rings. The van der Waals surface area contributed by atoms with E-state index in [1.54, 1.807) is 23.8 Å². The molecule has 1 radical (unpaired) electrons. The first-order chi connectivity index (χ1) is 13.7. The average molecular weight is 373 g/mol. The second-order valence-corrected chi connectivity index (χ2v) is 6.11. The van der Waals surface area contributed by atoms with Gasteiger partial charge in [-0.3, -0.25) is 4.79 Å². The van der Waals surface area contributed by atoms with Gasteiger partial charge in [-0.15, -0.1) is 5.10 Å². The van der Waals surface area contributed by atoms with Crippen LogP contribution in [0.3, 0.4) is 0 Å². The second-order valence-electron chi connectivity index (χ2n) is 6.11. The van der Waals surface area contributed by atoms with Gasteiger partial charge in [-0.25, -0.2) is 9.50 Å². The quantitative estimate of drug-likeness (QED) is 0.561. The molecule has 28 heavy (non-hydrogen) atoms. The maximum absolute atomic E-state index is 11.5. The molecule has 2 N–H and O–H groups in total. The normalized spacial score (nSPS) is 10.8. The molecular weight excluding hydrogens is 356 g/mol. The highest BCUT2D eigenvalue weighted by atomic mass is 16.5. The Kier molecular flexibility index (Phi) is 4.63. The van der Waals surface area contributed by atoms with Crippen molar-refractivity contribution in [2.24, 2.45) is 5.73 Å². The largest absolute Gasteiger partial charge is 0.497 e. The molecule has 2 heterocycles.